The molecule has 2 N–H and O–H groups in total. The minimum atomic E-state index is -3.75. The van der Waals surface area contributed by atoms with Gasteiger partial charge in [-0.05, 0) is 25.1 Å². The van der Waals surface area contributed by atoms with Gasteiger partial charge in [-0.2, -0.15) is 0 Å². The lowest BCUT2D eigenvalue weighted by molar-refractivity contribution is 0.601. The smallest absolute Gasteiger partial charge is 0.263 e. The summed E-state index contributed by atoms with van der Waals surface area (Å²) in [4.78, 5) is 7.96. The quantitative estimate of drug-likeness (QED) is 0.905. The predicted molar refractivity (Wildman–Crippen MR) is 78.6 cm³/mol. The van der Waals surface area contributed by atoms with Gasteiger partial charge in [-0.1, -0.05) is 11.6 Å². The van der Waals surface area contributed by atoms with E-state index in [1.54, 1.807) is 32.3 Å². The third-order valence-corrected chi connectivity index (χ3v) is 4.24. The summed E-state index contributed by atoms with van der Waals surface area (Å²) >= 11 is 5.94. The van der Waals surface area contributed by atoms with Crippen LogP contribution in [0.25, 0.3) is 0 Å². The third-order valence-electron chi connectivity index (χ3n) is 2.61. The van der Waals surface area contributed by atoms with Gasteiger partial charge in [0.25, 0.3) is 10.0 Å². The van der Waals surface area contributed by atoms with Crippen molar-refractivity contribution in [2.75, 3.05) is 17.1 Å². The Bertz CT molecular complexity index is 734. The van der Waals surface area contributed by atoms with E-state index >= 15 is 0 Å². The second-order valence-corrected chi connectivity index (χ2v) is 6.08. The summed E-state index contributed by atoms with van der Waals surface area (Å²) in [5.74, 6) is 0.420. The van der Waals surface area contributed by atoms with Crippen LogP contribution in [0.15, 0.2) is 35.5 Å². The molecule has 2 aromatic rings. The number of halogens is 1. The Labute approximate surface area is 122 Å². The average Bonchev–Trinajstić information content (AvgIpc) is 2.41. The normalized spacial score (nSPS) is 11.2. The van der Waals surface area contributed by atoms with E-state index < -0.39 is 10.0 Å². The van der Waals surface area contributed by atoms with Crippen molar-refractivity contribution in [1.29, 1.82) is 0 Å². The molecule has 0 radical (unpaired) electrons. The van der Waals surface area contributed by atoms with Gasteiger partial charge in [0.15, 0.2) is 0 Å². The molecule has 0 fully saturated rings. The van der Waals surface area contributed by atoms with Crippen LogP contribution >= 0.6 is 11.6 Å². The zero-order chi connectivity index (χ0) is 14.8. The van der Waals surface area contributed by atoms with Crippen molar-refractivity contribution < 1.29 is 8.42 Å². The Hall–Kier alpha value is -1.86. The second kappa shape index (κ2) is 5.64. The molecule has 0 aliphatic heterocycles. The maximum absolute atomic E-state index is 12.2. The molecule has 8 heteroatoms. The number of aryl methyl sites for hydroxylation is 1. The summed E-state index contributed by atoms with van der Waals surface area (Å²) in [6.07, 6.45) is 2.83. The monoisotopic (exact) mass is 312 g/mol. The van der Waals surface area contributed by atoms with Crippen molar-refractivity contribution in [3.8, 4) is 0 Å². The Morgan fingerprint density at radius 3 is 2.65 bits per heavy atom. The first kappa shape index (κ1) is 14.5. The molecule has 2 rings (SSSR count). The first-order valence-corrected chi connectivity index (χ1v) is 7.58. The summed E-state index contributed by atoms with van der Waals surface area (Å²) in [6, 6.07) is 4.63. The number of nitrogens with zero attached hydrogens (tertiary/aromatic N) is 2. The fourth-order valence-electron chi connectivity index (χ4n) is 1.55. The molecule has 0 aliphatic carbocycles. The van der Waals surface area contributed by atoms with Crippen LogP contribution in [0.4, 0.5) is 11.5 Å². The summed E-state index contributed by atoms with van der Waals surface area (Å²) < 4.78 is 27.0. The van der Waals surface area contributed by atoms with Crippen molar-refractivity contribution in [1.82, 2.24) is 9.97 Å². The average molecular weight is 313 g/mol. The molecule has 0 atom stereocenters. The highest BCUT2D eigenvalue weighted by Gasteiger charge is 2.17. The van der Waals surface area contributed by atoms with Gasteiger partial charge in [-0.15, -0.1) is 0 Å². The topological polar surface area (TPSA) is 84.0 Å². The first-order chi connectivity index (χ1) is 9.44. The fraction of sp³-hybridized carbons (Fsp3) is 0.167. The van der Waals surface area contributed by atoms with E-state index in [1.807, 2.05) is 0 Å². The minimum absolute atomic E-state index is 0.00949. The lowest BCUT2D eigenvalue weighted by Gasteiger charge is -2.10. The van der Waals surface area contributed by atoms with Crippen LogP contribution in [0.5, 0.6) is 0 Å². The number of hydrogen-bond acceptors (Lipinski definition) is 5. The van der Waals surface area contributed by atoms with E-state index in [1.165, 1.54) is 12.3 Å². The molecule has 0 aromatic carbocycles. The number of sulfonamides is 1. The van der Waals surface area contributed by atoms with E-state index in [9.17, 15) is 8.42 Å². The van der Waals surface area contributed by atoms with Crippen LogP contribution in [0.1, 0.15) is 5.69 Å². The zero-order valence-electron chi connectivity index (χ0n) is 10.9. The van der Waals surface area contributed by atoms with Crippen LogP contribution in [0.3, 0.4) is 0 Å². The molecule has 0 aliphatic rings. The largest absolute Gasteiger partial charge is 0.372 e. The van der Waals surface area contributed by atoms with Crippen molar-refractivity contribution in [3.05, 3.63) is 41.3 Å². The highest BCUT2D eigenvalue weighted by molar-refractivity contribution is 7.92. The van der Waals surface area contributed by atoms with E-state index in [-0.39, 0.29) is 9.92 Å². The van der Waals surface area contributed by atoms with Crippen LogP contribution in [-0.4, -0.2) is 25.4 Å². The molecular weight excluding hydrogens is 300 g/mol. The summed E-state index contributed by atoms with van der Waals surface area (Å²) in [6.45, 7) is 1.72. The molecule has 6 nitrogen and oxygen atoms in total. The van der Waals surface area contributed by atoms with E-state index in [2.05, 4.69) is 20.0 Å². The second-order valence-electron chi connectivity index (χ2n) is 3.99. The molecule has 2 heterocycles. The van der Waals surface area contributed by atoms with Gasteiger partial charge < -0.3 is 5.32 Å². The molecule has 0 amide bonds. The SMILES string of the molecule is CNc1ncc(S(=O)(=O)Nc2cccnc2C)cc1Cl. The molecule has 2 aromatic heterocycles. The Morgan fingerprint density at radius 1 is 1.30 bits per heavy atom. The molecule has 20 heavy (non-hydrogen) atoms. The fourth-order valence-corrected chi connectivity index (χ4v) is 2.96. The molecule has 0 saturated carbocycles. The Kier molecular flexibility index (Phi) is 4.10. The lowest BCUT2D eigenvalue weighted by Crippen LogP contribution is -2.14. The molecule has 0 bridgehead atoms. The van der Waals surface area contributed by atoms with Crippen LogP contribution in [-0.2, 0) is 10.0 Å². The van der Waals surface area contributed by atoms with Gasteiger partial charge in [0.05, 0.1) is 16.4 Å². The van der Waals surface area contributed by atoms with Crippen molar-refractivity contribution in [2.45, 2.75) is 11.8 Å². The number of pyridine rings is 2. The van der Waals surface area contributed by atoms with Gasteiger partial charge in [0.2, 0.25) is 0 Å². The molecule has 0 unspecified atom stereocenters. The molecule has 0 saturated heterocycles. The highest BCUT2D eigenvalue weighted by atomic mass is 35.5. The first-order valence-electron chi connectivity index (χ1n) is 5.72. The highest BCUT2D eigenvalue weighted by Crippen LogP contribution is 2.24. The Morgan fingerprint density at radius 2 is 2.05 bits per heavy atom. The number of rotatable bonds is 4. The predicted octanol–water partition coefficient (Wildman–Crippen LogP) is 2.28. The molecular formula is C12H13ClN4O2S. The number of nitrogens with one attached hydrogen (secondary N) is 2. The summed E-state index contributed by atoms with van der Waals surface area (Å²) in [5, 5.41) is 3.00. The van der Waals surface area contributed by atoms with Gasteiger partial charge in [-0.25, -0.2) is 13.4 Å². The minimum Gasteiger partial charge on any atom is -0.372 e. The molecule has 0 spiro atoms. The van der Waals surface area contributed by atoms with Crippen molar-refractivity contribution in [2.24, 2.45) is 0 Å². The summed E-state index contributed by atoms with van der Waals surface area (Å²) in [5.41, 5.74) is 1.00. The number of hydrogen-bond donors (Lipinski definition) is 2. The van der Waals surface area contributed by atoms with Crippen LogP contribution < -0.4 is 10.0 Å². The van der Waals surface area contributed by atoms with Gasteiger partial charge in [0.1, 0.15) is 10.7 Å². The number of anilines is 2. The van der Waals surface area contributed by atoms with Crippen LogP contribution in [0.2, 0.25) is 5.02 Å². The van der Waals surface area contributed by atoms with Gasteiger partial charge >= 0.3 is 0 Å². The maximum Gasteiger partial charge on any atom is 0.263 e. The zero-order valence-corrected chi connectivity index (χ0v) is 12.5. The molecule has 106 valence electrons. The van der Waals surface area contributed by atoms with Crippen LogP contribution in [0, 0.1) is 6.92 Å². The van der Waals surface area contributed by atoms with Crippen molar-refractivity contribution >= 4 is 33.1 Å². The van der Waals surface area contributed by atoms with E-state index in [0.29, 0.717) is 17.2 Å². The van der Waals surface area contributed by atoms with E-state index in [4.69, 9.17) is 11.6 Å². The third kappa shape index (κ3) is 3.00. The Balaban J connectivity index is 2.36. The van der Waals surface area contributed by atoms with E-state index in [0.717, 1.165) is 0 Å². The number of aromatic nitrogens is 2. The standard InChI is InChI=1S/C12H13ClN4O2S/c1-8-11(4-3-5-15-8)17-20(18,19)9-6-10(13)12(14-2)16-7-9/h3-7,17H,1-2H3,(H,14,16). The van der Waals surface area contributed by atoms with Crippen molar-refractivity contribution in [3.63, 3.8) is 0 Å². The van der Waals surface area contributed by atoms with Gasteiger partial charge in [-0.3, -0.25) is 9.71 Å². The lowest BCUT2D eigenvalue weighted by atomic mass is 10.3. The van der Waals surface area contributed by atoms with Gasteiger partial charge in [0, 0.05) is 19.4 Å². The summed E-state index contributed by atoms with van der Waals surface area (Å²) in [7, 11) is -2.10. The maximum atomic E-state index is 12.2.